The molecule has 2 saturated heterocycles. The van der Waals surface area contributed by atoms with Crippen LogP contribution in [0.2, 0.25) is 0 Å². The first-order valence-electron chi connectivity index (χ1n) is 19.7. The Kier molecular flexibility index (Phi) is 11.5. The first-order chi connectivity index (χ1) is 30.5. The zero-order chi connectivity index (χ0) is 43.9. The number of benzene rings is 2. The summed E-state index contributed by atoms with van der Waals surface area (Å²) in [5.41, 5.74) is -2.67. The third-order valence-electron chi connectivity index (χ3n) is 10.8. The van der Waals surface area contributed by atoms with Gasteiger partial charge in [-0.3, -0.25) is 14.9 Å². The normalized spacial score (nSPS) is 15.1. The molecule has 0 radical (unpaired) electrons. The van der Waals surface area contributed by atoms with E-state index < -0.39 is 59.5 Å². The molecule has 9 rings (SSSR count). The number of hydrogen-bond acceptors (Lipinski definition) is 14. The van der Waals surface area contributed by atoms with Crippen LogP contribution in [0.5, 0.6) is 15.9 Å². The number of nitrogens with zero attached hydrogens (tertiary/aromatic N) is 8. The van der Waals surface area contributed by atoms with Crippen LogP contribution in [0.1, 0.15) is 0 Å². The van der Waals surface area contributed by atoms with Crippen molar-refractivity contribution in [2.75, 3.05) is 93.6 Å². The Balaban J connectivity index is 1.05. The number of carbonyl (C=O) groups excluding carboxylic acids is 1. The third kappa shape index (κ3) is 8.17. The van der Waals surface area contributed by atoms with Gasteiger partial charge in [0.2, 0.25) is 15.9 Å². The molecule has 2 amide bonds. The maximum Gasteiger partial charge on any atom is 0.327 e. The predicted molar refractivity (Wildman–Crippen MR) is 232 cm³/mol. The molecule has 16 nitrogen and oxygen atoms in total. The lowest BCUT2D eigenvalue weighted by molar-refractivity contribution is 0.233. The topological polar surface area (TPSA) is 155 Å². The number of anilines is 4. The molecule has 0 aliphatic carbocycles. The number of fused-ring (bicyclic) bond motifs is 2. The van der Waals surface area contributed by atoms with Crippen molar-refractivity contribution in [3.05, 3.63) is 97.5 Å². The van der Waals surface area contributed by atoms with Crippen molar-refractivity contribution in [2.24, 2.45) is 0 Å². The maximum atomic E-state index is 16.4. The summed E-state index contributed by atoms with van der Waals surface area (Å²) in [4.78, 5) is 55.2. The average molecular weight is 907 g/mol. The summed E-state index contributed by atoms with van der Waals surface area (Å²) in [7, 11) is 3.87. The van der Waals surface area contributed by atoms with Gasteiger partial charge in [-0.15, -0.1) is 27.8 Å². The highest BCUT2D eigenvalue weighted by atomic mass is 32.1. The van der Waals surface area contributed by atoms with Crippen LogP contribution < -0.4 is 40.9 Å². The molecule has 0 saturated carbocycles. The average Bonchev–Trinajstić information content (AvgIpc) is 4.07. The van der Waals surface area contributed by atoms with Crippen LogP contribution >= 0.6 is 22.7 Å². The number of ether oxygens (including phenoxy) is 1. The largest absolute Gasteiger partial charge is 0.442 e. The van der Waals surface area contributed by atoms with Gasteiger partial charge in [-0.25, -0.2) is 22.4 Å². The highest BCUT2D eigenvalue weighted by Gasteiger charge is 2.30. The smallest absolute Gasteiger partial charge is 0.327 e. The van der Waals surface area contributed by atoms with Gasteiger partial charge in [-0.2, -0.15) is 4.73 Å². The second-order valence-corrected chi connectivity index (χ2v) is 16.8. The highest BCUT2D eigenvalue weighted by molar-refractivity contribution is 7.12. The standard InChI is InChI=1S/C41H38F4N10O6S2/c1-50-9-13-52(14-10-50)34-26(43)19-23-32(31(34)45)54(8-7-42)21-25(36(23)56)39-48-49-41(60-39)47-40(58)46-28-22-55(61-30-6-4-18-63-30)33-24(37(28)57)20-27(44)35(53-15-11-51(2)12-16-53)38(33)59-29-5-3-17-62-29/h3-6,17-22H,7-16H2,1-2H3,(H2,46,47,49,58). The Morgan fingerprint density at radius 1 is 0.794 bits per heavy atom. The molecule has 328 valence electrons. The number of likely N-dealkylation sites (N-methyl/N-ethyl adjacent to an activating group) is 2. The molecule has 2 N–H and O–H groups in total. The number of thiophene rings is 2. The van der Waals surface area contributed by atoms with Gasteiger partial charge in [0, 0.05) is 58.6 Å². The van der Waals surface area contributed by atoms with Crippen LogP contribution in [0.15, 0.2) is 73.6 Å². The second-order valence-electron chi connectivity index (χ2n) is 14.9. The van der Waals surface area contributed by atoms with Crippen molar-refractivity contribution in [1.29, 1.82) is 0 Å². The van der Waals surface area contributed by atoms with Crippen molar-refractivity contribution in [3.8, 4) is 27.3 Å². The van der Waals surface area contributed by atoms with Gasteiger partial charge in [0.25, 0.3) is 5.89 Å². The van der Waals surface area contributed by atoms with Crippen molar-refractivity contribution in [1.82, 2.24) is 29.3 Å². The number of alkyl halides is 1. The van der Waals surface area contributed by atoms with Gasteiger partial charge in [0.1, 0.15) is 40.6 Å². The Morgan fingerprint density at radius 3 is 2.05 bits per heavy atom. The summed E-state index contributed by atoms with van der Waals surface area (Å²) in [5.74, 6) is -3.10. The summed E-state index contributed by atoms with van der Waals surface area (Å²) < 4.78 is 76.3. The minimum atomic E-state index is -1.05. The number of rotatable bonds is 11. The predicted octanol–water partition coefficient (Wildman–Crippen LogP) is 6.66. The molecule has 5 aromatic heterocycles. The summed E-state index contributed by atoms with van der Waals surface area (Å²) in [6.07, 6.45) is 2.36. The van der Waals surface area contributed by atoms with Crippen molar-refractivity contribution in [3.63, 3.8) is 0 Å². The second kappa shape index (κ2) is 17.3. The van der Waals surface area contributed by atoms with Crippen LogP contribution in [0.4, 0.5) is 45.4 Å². The molecule has 0 bridgehead atoms. The van der Waals surface area contributed by atoms with Gasteiger partial charge in [-0.05, 0) is 61.3 Å². The van der Waals surface area contributed by atoms with E-state index in [0.717, 1.165) is 22.9 Å². The number of hydrogen-bond donors (Lipinski definition) is 2. The van der Waals surface area contributed by atoms with Crippen LogP contribution in [-0.4, -0.2) is 108 Å². The molecule has 2 aliphatic heterocycles. The third-order valence-corrected chi connectivity index (χ3v) is 12.3. The number of piperazine rings is 2. The summed E-state index contributed by atoms with van der Waals surface area (Å²) in [6.45, 7) is 2.75. The Hall–Kier alpha value is -6.49. The van der Waals surface area contributed by atoms with E-state index in [1.54, 1.807) is 39.9 Å². The molecule has 2 aliphatic rings. The molecular weight excluding hydrogens is 869 g/mol. The fourth-order valence-electron chi connectivity index (χ4n) is 7.65. The Bertz CT molecular complexity index is 2950. The zero-order valence-corrected chi connectivity index (χ0v) is 35.3. The number of urea groups is 1. The van der Waals surface area contributed by atoms with Crippen LogP contribution in [0.3, 0.4) is 0 Å². The van der Waals surface area contributed by atoms with Gasteiger partial charge >= 0.3 is 12.0 Å². The molecule has 2 aromatic carbocycles. The van der Waals surface area contributed by atoms with E-state index in [1.807, 2.05) is 23.9 Å². The Labute approximate surface area is 363 Å². The van der Waals surface area contributed by atoms with Crippen LogP contribution in [0, 0.1) is 17.5 Å². The SMILES string of the molecule is CN1CCN(c2c(F)cc3c(=O)c(-c4nnc(NC(=O)Nc5cn(Oc6cccs6)c6c(Oc7cccs7)c(N7CCN(C)CC7)c(F)cc6c5=O)o4)cn(CCF)c3c2F)CC1. The molecule has 2 fully saturated rings. The molecule has 22 heteroatoms. The lowest BCUT2D eigenvalue weighted by Gasteiger charge is -2.35. The van der Waals surface area contributed by atoms with Gasteiger partial charge in [0.15, 0.2) is 22.4 Å². The summed E-state index contributed by atoms with van der Waals surface area (Å²) in [5, 5.41) is 16.3. The van der Waals surface area contributed by atoms with E-state index in [9.17, 15) is 18.8 Å². The minimum Gasteiger partial charge on any atom is -0.442 e. The summed E-state index contributed by atoms with van der Waals surface area (Å²) >= 11 is 2.53. The first kappa shape index (κ1) is 41.8. The number of amides is 2. The number of nitrogens with one attached hydrogen (secondary N) is 2. The molecule has 0 unspecified atom stereocenters. The number of halogens is 4. The molecule has 0 atom stereocenters. The number of aromatic nitrogens is 4. The maximum absolute atomic E-state index is 16.4. The monoisotopic (exact) mass is 906 g/mol. The Morgan fingerprint density at radius 2 is 1.41 bits per heavy atom. The van der Waals surface area contributed by atoms with Crippen LogP contribution in [0.25, 0.3) is 33.3 Å². The molecule has 63 heavy (non-hydrogen) atoms. The lowest BCUT2D eigenvalue weighted by Crippen LogP contribution is -2.45. The van der Waals surface area contributed by atoms with Crippen LogP contribution in [-0.2, 0) is 6.54 Å². The van der Waals surface area contributed by atoms with E-state index in [0.29, 0.717) is 62.5 Å². The molecule has 7 heterocycles. The lowest BCUT2D eigenvalue weighted by atomic mass is 10.1. The van der Waals surface area contributed by atoms with E-state index in [2.05, 4.69) is 25.7 Å². The highest BCUT2D eigenvalue weighted by Crippen LogP contribution is 2.43. The van der Waals surface area contributed by atoms with Gasteiger partial charge in [-0.1, -0.05) is 5.10 Å². The van der Waals surface area contributed by atoms with Gasteiger partial charge < -0.3 is 43.5 Å². The number of carbonyl (C=O) groups is 1. The first-order valence-corrected chi connectivity index (χ1v) is 21.5. The number of pyridine rings is 2. The van der Waals surface area contributed by atoms with Crippen molar-refractivity contribution >= 4 is 73.6 Å². The van der Waals surface area contributed by atoms with E-state index in [-0.39, 0.29) is 50.2 Å². The van der Waals surface area contributed by atoms with E-state index in [4.69, 9.17) is 14.0 Å². The summed E-state index contributed by atoms with van der Waals surface area (Å²) in [6, 6.07) is 7.33. The fourth-order valence-corrected chi connectivity index (χ4v) is 8.80. The van der Waals surface area contributed by atoms with Crippen molar-refractivity contribution < 1.29 is 36.3 Å². The minimum absolute atomic E-state index is 0.0419. The van der Waals surface area contributed by atoms with Gasteiger partial charge in [0.05, 0.1) is 29.0 Å². The molecule has 0 spiro atoms. The molecule has 7 aromatic rings. The quantitative estimate of drug-likeness (QED) is 0.134. The fraction of sp³-hybridized carbons (Fsp3) is 0.293. The van der Waals surface area contributed by atoms with E-state index in [1.165, 1.54) is 33.6 Å². The van der Waals surface area contributed by atoms with E-state index >= 15 is 13.2 Å². The molecular formula is C41H38F4N10O6S2. The number of aryl methyl sites for hydroxylation is 1. The zero-order valence-electron chi connectivity index (χ0n) is 33.7. The van der Waals surface area contributed by atoms with Crippen molar-refractivity contribution in [2.45, 2.75) is 6.54 Å².